The summed E-state index contributed by atoms with van der Waals surface area (Å²) < 4.78 is 3.87. The van der Waals surface area contributed by atoms with E-state index in [9.17, 15) is 10.1 Å². The zero-order chi connectivity index (χ0) is 9.97. The van der Waals surface area contributed by atoms with Crippen LogP contribution in [0.5, 0.6) is 0 Å². The van der Waals surface area contributed by atoms with Crippen LogP contribution in [0.1, 0.15) is 0 Å². The second kappa shape index (κ2) is 3.95. The Balaban J connectivity index is 2.21. The highest BCUT2D eigenvalue weighted by Crippen LogP contribution is 2.32. The molecule has 0 aromatic carbocycles. The summed E-state index contributed by atoms with van der Waals surface area (Å²) in [6.45, 7) is 1.73. The van der Waals surface area contributed by atoms with Gasteiger partial charge in [-0.05, 0) is 11.5 Å². The van der Waals surface area contributed by atoms with Gasteiger partial charge in [-0.1, -0.05) is 12.6 Å². The molecule has 0 amide bonds. The number of nitro groups is 1. The van der Waals surface area contributed by atoms with Gasteiger partial charge in [-0.3, -0.25) is 10.1 Å². The molecule has 1 radical (unpaired) electrons. The van der Waals surface area contributed by atoms with Gasteiger partial charge in [0.1, 0.15) is 13.5 Å². The molecule has 0 unspecified atom stereocenters. The third-order valence-electron chi connectivity index (χ3n) is 2.22. The number of anilines is 1. The first-order chi connectivity index (χ1) is 6.79. The van der Waals surface area contributed by atoms with Gasteiger partial charge in [-0.25, -0.2) is 0 Å². The fraction of sp³-hybridized carbons (Fsp3) is 0.571. The largest absolute Gasteiger partial charge is 0.358 e. The molecule has 1 aliphatic rings. The second-order valence-corrected chi connectivity index (χ2v) is 3.91. The van der Waals surface area contributed by atoms with Gasteiger partial charge in [0.2, 0.25) is 0 Å². The van der Waals surface area contributed by atoms with Gasteiger partial charge < -0.3 is 4.90 Å². The number of aromatic nitrogens is 1. The highest BCUT2D eigenvalue weighted by molar-refractivity contribution is 7.10. The van der Waals surface area contributed by atoms with Gasteiger partial charge in [0.25, 0.3) is 0 Å². The highest BCUT2D eigenvalue weighted by Gasteiger charge is 2.23. The van der Waals surface area contributed by atoms with Crippen molar-refractivity contribution in [2.75, 3.05) is 18.0 Å². The summed E-state index contributed by atoms with van der Waals surface area (Å²) in [5.41, 5.74) is 0.136. The van der Waals surface area contributed by atoms with Crippen molar-refractivity contribution in [1.82, 2.24) is 4.37 Å². The van der Waals surface area contributed by atoms with E-state index in [0.29, 0.717) is 5.00 Å². The molecular formula is C7H9BN3O2S. The van der Waals surface area contributed by atoms with Crippen molar-refractivity contribution in [3.8, 4) is 0 Å². The monoisotopic (exact) mass is 210 g/mol. The molecule has 1 aromatic heterocycles. The fourth-order valence-corrected chi connectivity index (χ4v) is 2.30. The van der Waals surface area contributed by atoms with E-state index in [2.05, 4.69) is 11.7 Å². The summed E-state index contributed by atoms with van der Waals surface area (Å²) in [7, 11) is 2.21. The predicted octanol–water partition coefficient (Wildman–Crippen LogP) is 1.41. The molecule has 0 atom stereocenters. The average Bonchev–Trinajstić information content (AvgIpc) is 2.67. The molecule has 1 aromatic rings. The van der Waals surface area contributed by atoms with E-state index in [1.54, 1.807) is 0 Å². The average molecular weight is 210 g/mol. The maximum absolute atomic E-state index is 10.7. The maximum atomic E-state index is 10.7. The molecule has 0 bridgehead atoms. The molecule has 5 nitrogen and oxygen atoms in total. The van der Waals surface area contributed by atoms with Gasteiger partial charge in [0, 0.05) is 13.1 Å². The molecule has 0 saturated carbocycles. The summed E-state index contributed by atoms with van der Waals surface area (Å²) >= 11 is 1.20. The Hall–Kier alpha value is -1.11. The Kier molecular flexibility index (Phi) is 2.67. The molecule has 0 N–H and O–H groups in total. The van der Waals surface area contributed by atoms with Crippen molar-refractivity contribution in [2.24, 2.45) is 0 Å². The molecule has 1 aliphatic heterocycles. The zero-order valence-corrected chi connectivity index (χ0v) is 8.37. The van der Waals surface area contributed by atoms with Crippen molar-refractivity contribution in [1.29, 1.82) is 0 Å². The summed E-state index contributed by atoms with van der Waals surface area (Å²) in [6.07, 6.45) is 3.32. The van der Waals surface area contributed by atoms with Crippen LogP contribution >= 0.6 is 11.5 Å². The van der Waals surface area contributed by atoms with E-state index >= 15 is 0 Å². The summed E-state index contributed by atoms with van der Waals surface area (Å²) in [6, 6.07) is 0. The Morgan fingerprint density at radius 2 is 2.29 bits per heavy atom. The minimum Gasteiger partial charge on any atom is -0.358 e. The normalized spacial score (nSPS) is 16.4. The summed E-state index contributed by atoms with van der Waals surface area (Å²) in [5, 5.41) is 11.4. The first kappa shape index (κ1) is 9.45. The smallest absolute Gasteiger partial charge is 0.323 e. The SMILES string of the molecule is O=[N+]([O-])c1cnsc1N1CC[B]CC1. The zero-order valence-electron chi connectivity index (χ0n) is 7.55. The van der Waals surface area contributed by atoms with Crippen LogP contribution in [0.3, 0.4) is 0 Å². The van der Waals surface area contributed by atoms with E-state index in [-0.39, 0.29) is 10.6 Å². The van der Waals surface area contributed by atoms with Gasteiger partial charge >= 0.3 is 5.69 Å². The standard InChI is InChI=1S/C7H9BN3O2S/c12-11(13)6-5-9-14-7(6)10-3-1-8-2-4-10/h5H,1-4H2. The molecule has 7 heteroatoms. The topological polar surface area (TPSA) is 59.3 Å². The van der Waals surface area contributed by atoms with Crippen LogP contribution in [0.4, 0.5) is 10.7 Å². The molecule has 1 fully saturated rings. The van der Waals surface area contributed by atoms with Crippen LogP contribution in [0.15, 0.2) is 6.20 Å². The Morgan fingerprint density at radius 1 is 1.57 bits per heavy atom. The molecule has 73 valence electrons. The van der Waals surface area contributed by atoms with Gasteiger partial charge in [0.05, 0.1) is 4.92 Å². The third-order valence-corrected chi connectivity index (χ3v) is 3.07. The predicted molar refractivity (Wildman–Crippen MR) is 56.3 cm³/mol. The van der Waals surface area contributed by atoms with Crippen LogP contribution in [0.2, 0.25) is 12.6 Å². The number of hydrogen-bond acceptors (Lipinski definition) is 5. The van der Waals surface area contributed by atoms with Crippen molar-refractivity contribution in [3.63, 3.8) is 0 Å². The lowest BCUT2D eigenvalue weighted by atomic mass is 9.68. The molecule has 2 heterocycles. The van der Waals surface area contributed by atoms with Crippen molar-refractivity contribution in [3.05, 3.63) is 16.3 Å². The van der Waals surface area contributed by atoms with E-state index in [0.717, 1.165) is 25.7 Å². The van der Waals surface area contributed by atoms with E-state index in [1.165, 1.54) is 17.7 Å². The molecule has 0 spiro atoms. The van der Waals surface area contributed by atoms with E-state index in [4.69, 9.17) is 0 Å². The summed E-state index contributed by atoms with van der Waals surface area (Å²) in [5.74, 6) is 0. The lowest BCUT2D eigenvalue weighted by Crippen LogP contribution is -2.31. The van der Waals surface area contributed by atoms with E-state index in [1.807, 2.05) is 4.90 Å². The van der Waals surface area contributed by atoms with Crippen LogP contribution < -0.4 is 4.90 Å². The molecular weight excluding hydrogens is 201 g/mol. The minimum absolute atomic E-state index is 0.136. The summed E-state index contributed by atoms with van der Waals surface area (Å²) in [4.78, 5) is 12.3. The Bertz CT molecular complexity index is 337. The van der Waals surface area contributed by atoms with Crippen LogP contribution in [0.25, 0.3) is 0 Å². The molecule has 1 saturated heterocycles. The minimum atomic E-state index is -0.364. The first-order valence-corrected chi connectivity index (χ1v) is 5.22. The third kappa shape index (κ3) is 1.72. The number of rotatable bonds is 2. The first-order valence-electron chi connectivity index (χ1n) is 4.44. The van der Waals surface area contributed by atoms with Gasteiger partial charge in [0.15, 0.2) is 5.00 Å². The molecule has 2 rings (SSSR count). The second-order valence-electron chi connectivity index (χ2n) is 3.13. The van der Waals surface area contributed by atoms with Gasteiger partial charge in [-0.2, -0.15) is 4.37 Å². The molecule has 14 heavy (non-hydrogen) atoms. The lowest BCUT2D eigenvalue weighted by molar-refractivity contribution is -0.383. The number of hydrogen-bond donors (Lipinski definition) is 0. The van der Waals surface area contributed by atoms with Gasteiger partial charge in [-0.15, -0.1) is 0 Å². The van der Waals surface area contributed by atoms with E-state index < -0.39 is 0 Å². The van der Waals surface area contributed by atoms with Crippen molar-refractivity contribution in [2.45, 2.75) is 12.6 Å². The van der Waals surface area contributed by atoms with Crippen LogP contribution in [0, 0.1) is 10.1 Å². The fourth-order valence-electron chi connectivity index (χ4n) is 1.53. The van der Waals surface area contributed by atoms with Crippen LogP contribution in [-0.4, -0.2) is 29.7 Å². The quantitative estimate of drug-likeness (QED) is 0.420. The van der Waals surface area contributed by atoms with Crippen molar-refractivity contribution >= 4 is 29.5 Å². The van der Waals surface area contributed by atoms with Crippen molar-refractivity contribution < 1.29 is 4.92 Å². The molecule has 0 aliphatic carbocycles. The lowest BCUT2D eigenvalue weighted by Gasteiger charge is -2.25. The maximum Gasteiger partial charge on any atom is 0.323 e. The highest BCUT2D eigenvalue weighted by atomic mass is 32.1. The number of nitrogens with zero attached hydrogens (tertiary/aromatic N) is 3. The Labute approximate surface area is 86.3 Å². The Morgan fingerprint density at radius 3 is 2.93 bits per heavy atom. The van der Waals surface area contributed by atoms with Crippen LogP contribution in [-0.2, 0) is 0 Å².